The van der Waals surface area contributed by atoms with Crippen molar-refractivity contribution in [3.05, 3.63) is 84.3 Å². The SMILES string of the molecule is C[C@H]1CCc2c(sc3c2C(=O)N[C@H](c2cccc(Oc4ccc([N+](=O)[O-])cc4[N+](=O)[O-])c2)N3)C1. The number of carbonyl (C=O) groups is 1. The number of non-ortho nitro benzene ring substituents is 1. The molecule has 0 fully saturated rings. The van der Waals surface area contributed by atoms with Crippen LogP contribution in [0.25, 0.3) is 0 Å². The van der Waals surface area contributed by atoms with Crippen LogP contribution in [0, 0.1) is 26.1 Å². The van der Waals surface area contributed by atoms with Gasteiger partial charge in [0.2, 0.25) is 5.75 Å². The number of carbonyl (C=O) groups excluding carboxylic acids is 1. The highest BCUT2D eigenvalue weighted by Gasteiger charge is 2.33. The van der Waals surface area contributed by atoms with Crippen LogP contribution in [-0.4, -0.2) is 15.8 Å². The number of anilines is 1. The molecule has 3 aromatic rings. The summed E-state index contributed by atoms with van der Waals surface area (Å²) < 4.78 is 5.71. The van der Waals surface area contributed by atoms with Crippen LogP contribution in [0.4, 0.5) is 16.4 Å². The van der Waals surface area contributed by atoms with Crippen molar-refractivity contribution in [3.8, 4) is 11.5 Å². The molecule has 0 bridgehead atoms. The Morgan fingerprint density at radius 3 is 2.68 bits per heavy atom. The zero-order chi connectivity index (χ0) is 24.0. The van der Waals surface area contributed by atoms with Crippen molar-refractivity contribution in [1.82, 2.24) is 5.32 Å². The van der Waals surface area contributed by atoms with Gasteiger partial charge in [-0.3, -0.25) is 25.0 Å². The molecule has 1 aliphatic carbocycles. The first-order chi connectivity index (χ1) is 16.3. The van der Waals surface area contributed by atoms with Gasteiger partial charge in [-0.25, -0.2) is 0 Å². The number of nitro groups is 2. The minimum absolute atomic E-state index is 0.115. The van der Waals surface area contributed by atoms with E-state index in [1.165, 1.54) is 10.9 Å². The van der Waals surface area contributed by atoms with Gasteiger partial charge in [0.15, 0.2) is 0 Å². The Morgan fingerprint density at radius 1 is 1.09 bits per heavy atom. The number of hydrogen-bond donors (Lipinski definition) is 2. The number of nitrogens with zero attached hydrogens (tertiary/aromatic N) is 2. The Hall–Kier alpha value is -3.99. The van der Waals surface area contributed by atoms with Crippen molar-refractivity contribution in [1.29, 1.82) is 0 Å². The number of ether oxygens (including phenoxy) is 1. The van der Waals surface area contributed by atoms with Crippen LogP contribution < -0.4 is 15.4 Å². The normalized spacial score (nSPS) is 18.8. The molecule has 5 rings (SSSR count). The molecule has 2 aromatic carbocycles. The highest BCUT2D eigenvalue weighted by molar-refractivity contribution is 7.16. The molecule has 2 atom stereocenters. The monoisotopic (exact) mass is 480 g/mol. The van der Waals surface area contributed by atoms with Crippen molar-refractivity contribution < 1.29 is 19.4 Å². The molecule has 10 nitrogen and oxygen atoms in total. The fourth-order valence-corrected chi connectivity index (χ4v) is 5.80. The minimum Gasteiger partial charge on any atom is -0.450 e. The maximum Gasteiger partial charge on any atom is 0.318 e. The van der Waals surface area contributed by atoms with Crippen LogP contribution in [0.5, 0.6) is 11.5 Å². The number of fused-ring (bicyclic) bond motifs is 3. The first kappa shape index (κ1) is 21.8. The Morgan fingerprint density at radius 2 is 1.91 bits per heavy atom. The molecule has 1 amide bonds. The van der Waals surface area contributed by atoms with E-state index in [9.17, 15) is 25.0 Å². The van der Waals surface area contributed by atoms with Gasteiger partial charge in [0, 0.05) is 10.9 Å². The lowest BCUT2D eigenvalue weighted by molar-refractivity contribution is -0.394. The topological polar surface area (TPSA) is 137 Å². The van der Waals surface area contributed by atoms with E-state index in [1.807, 2.05) is 6.07 Å². The summed E-state index contributed by atoms with van der Waals surface area (Å²) in [6, 6.07) is 10.0. The van der Waals surface area contributed by atoms with Crippen LogP contribution in [0.15, 0.2) is 42.5 Å². The van der Waals surface area contributed by atoms with Gasteiger partial charge < -0.3 is 15.4 Å². The van der Waals surface area contributed by atoms with Gasteiger partial charge >= 0.3 is 5.69 Å². The number of amides is 1. The average molecular weight is 481 g/mol. The summed E-state index contributed by atoms with van der Waals surface area (Å²) in [4.78, 5) is 35.2. The molecular weight excluding hydrogens is 460 g/mol. The van der Waals surface area contributed by atoms with Crippen molar-refractivity contribution in [3.63, 3.8) is 0 Å². The number of benzene rings is 2. The van der Waals surface area contributed by atoms with Gasteiger partial charge in [0.25, 0.3) is 11.6 Å². The predicted molar refractivity (Wildman–Crippen MR) is 126 cm³/mol. The molecule has 34 heavy (non-hydrogen) atoms. The van der Waals surface area contributed by atoms with Crippen molar-refractivity contribution >= 4 is 33.6 Å². The van der Waals surface area contributed by atoms with E-state index in [-0.39, 0.29) is 11.7 Å². The molecule has 0 unspecified atom stereocenters. The van der Waals surface area contributed by atoms with Gasteiger partial charge in [-0.1, -0.05) is 19.1 Å². The predicted octanol–water partition coefficient (Wildman–Crippen LogP) is 5.34. The second-order valence-electron chi connectivity index (χ2n) is 8.45. The minimum atomic E-state index is -0.726. The molecule has 2 heterocycles. The average Bonchev–Trinajstić information content (AvgIpc) is 3.17. The molecule has 0 saturated heterocycles. The smallest absolute Gasteiger partial charge is 0.318 e. The molecule has 2 aliphatic rings. The molecule has 1 aromatic heterocycles. The standard InChI is InChI=1S/C23H20N4O6S/c1-12-5-7-16-19(9-12)34-23-20(16)22(28)24-21(25-23)13-3-2-4-15(10-13)33-18-8-6-14(26(29)30)11-17(18)27(31)32/h2-4,6,8,10-12,21,25H,5,7,9H2,1H3,(H,24,28)/t12-,21-/m0/s1. The van der Waals surface area contributed by atoms with E-state index in [4.69, 9.17) is 4.74 Å². The summed E-state index contributed by atoms with van der Waals surface area (Å²) in [5.41, 5.74) is 1.68. The lowest BCUT2D eigenvalue weighted by Gasteiger charge is -2.27. The number of thiophene rings is 1. The Kier molecular flexibility index (Phi) is 5.40. The molecular formula is C23H20N4O6S. The van der Waals surface area contributed by atoms with E-state index in [0.717, 1.165) is 47.5 Å². The largest absolute Gasteiger partial charge is 0.450 e. The third-order valence-corrected chi connectivity index (χ3v) is 7.24. The molecule has 11 heteroatoms. The third kappa shape index (κ3) is 3.94. The number of nitro benzene ring substituents is 2. The van der Waals surface area contributed by atoms with Crippen molar-refractivity contribution in [2.45, 2.75) is 32.4 Å². The van der Waals surface area contributed by atoms with Crippen LogP contribution in [0.1, 0.15) is 45.9 Å². The molecule has 1 aliphatic heterocycles. The lowest BCUT2D eigenvalue weighted by atomic mass is 9.88. The van der Waals surface area contributed by atoms with Crippen LogP contribution in [0.2, 0.25) is 0 Å². The lowest BCUT2D eigenvalue weighted by Crippen LogP contribution is -2.38. The second-order valence-corrected chi connectivity index (χ2v) is 9.55. The van der Waals surface area contributed by atoms with E-state index >= 15 is 0 Å². The summed E-state index contributed by atoms with van der Waals surface area (Å²) in [5.74, 6) is 0.665. The van der Waals surface area contributed by atoms with E-state index in [1.54, 1.807) is 29.5 Å². The second kappa shape index (κ2) is 8.41. The zero-order valence-electron chi connectivity index (χ0n) is 18.1. The maximum absolute atomic E-state index is 13.0. The molecule has 0 radical (unpaired) electrons. The molecule has 174 valence electrons. The molecule has 0 saturated carbocycles. The number of rotatable bonds is 5. The molecule has 0 spiro atoms. The van der Waals surface area contributed by atoms with Crippen LogP contribution in [-0.2, 0) is 12.8 Å². The van der Waals surface area contributed by atoms with Gasteiger partial charge in [-0.2, -0.15) is 0 Å². The number of hydrogen-bond acceptors (Lipinski definition) is 8. The van der Waals surface area contributed by atoms with E-state index in [2.05, 4.69) is 17.6 Å². The van der Waals surface area contributed by atoms with Crippen molar-refractivity contribution in [2.24, 2.45) is 5.92 Å². The fourth-order valence-electron chi connectivity index (χ4n) is 4.36. The van der Waals surface area contributed by atoms with Gasteiger partial charge in [-0.15, -0.1) is 11.3 Å². The van der Waals surface area contributed by atoms with E-state index in [0.29, 0.717) is 17.2 Å². The quantitative estimate of drug-likeness (QED) is 0.372. The van der Waals surface area contributed by atoms with Gasteiger partial charge in [0.1, 0.15) is 16.9 Å². The van der Waals surface area contributed by atoms with E-state index < -0.39 is 27.4 Å². The Bertz CT molecular complexity index is 1340. The highest BCUT2D eigenvalue weighted by Crippen LogP contribution is 2.43. The fraction of sp³-hybridized carbons (Fsp3) is 0.261. The number of nitrogens with one attached hydrogen (secondary N) is 2. The van der Waals surface area contributed by atoms with Gasteiger partial charge in [0.05, 0.1) is 21.5 Å². The summed E-state index contributed by atoms with van der Waals surface area (Å²) in [6.45, 7) is 2.22. The van der Waals surface area contributed by atoms with Crippen molar-refractivity contribution in [2.75, 3.05) is 5.32 Å². The first-order valence-corrected chi connectivity index (χ1v) is 11.5. The highest BCUT2D eigenvalue weighted by atomic mass is 32.1. The summed E-state index contributed by atoms with van der Waals surface area (Å²) >= 11 is 1.63. The Balaban J connectivity index is 1.41. The first-order valence-electron chi connectivity index (χ1n) is 10.7. The van der Waals surface area contributed by atoms with Crippen LogP contribution in [0.3, 0.4) is 0 Å². The van der Waals surface area contributed by atoms with Crippen LogP contribution >= 0.6 is 11.3 Å². The van der Waals surface area contributed by atoms with Gasteiger partial charge in [-0.05, 0) is 54.5 Å². The summed E-state index contributed by atoms with van der Waals surface area (Å²) in [7, 11) is 0. The summed E-state index contributed by atoms with van der Waals surface area (Å²) in [6.07, 6.45) is 2.46. The molecule has 2 N–H and O–H groups in total. The maximum atomic E-state index is 13.0. The zero-order valence-corrected chi connectivity index (χ0v) is 18.9. The Labute approximate surface area is 197 Å². The third-order valence-electron chi connectivity index (χ3n) is 6.06. The summed E-state index contributed by atoms with van der Waals surface area (Å²) in [5, 5.41) is 29.6.